The second-order valence-corrected chi connectivity index (χ2v) is 7.94. The normalized spacial score (nSPS) is 11.4. The number of fused-ring (bicyclic) bond motifs is 1. The van der Waals surface area contributed by atoms with Crippen LogP contribution in [-0.2, 0) is 12.7 Å². The summed E-state index contributed by atoms with van der Waals surface area (Å²) in [5.74, 6) is 1.94. The Kier molecular flexibility index (Phi) is 6.79. The highest BCUT2D eigenvalue weighted by atomic mass is 19.4. The number of anilines is 3. The summed E-state index contributed by atoms with van der Waals surface area (Å²) in [7, 11) is 0. The van der Waals surface area contributed by atoms with Crippen LogP contribution >= 0.6 is 0 Å². The molecule has 0 fully saturated rings. The number of rotatable bonds is 9. The molecule has 0 unspecified atom stereocenters. The molecular formula is C25H21F3N8O. The van der Waals surface area contributed by atoms with E-state index in [1.807, 2.05) is 30.3 Å². The molecule has 0 aliphatic heterocycles. The lowest BCUT2D eigenvalue weighted by atomic mass is 10.1. The quantitative estimate of drug-likeness (QED) is 0.272. The Morgan fingerprint density at radius 3 is 2.46 bits per heavy atom. The van der Waals surface area contributed by atoms with E-state index in [9.17, 15) is 13.2 Å². The summed E-state index contributed by atoms with van der Waals surface area (Å²) in [6.07, 6.45) is 1.81. The number of benzene rings is 2. The van der Waals surface area contributed by atoms with Crippen LogP contribution in [0.2, 0.25) is 0 Å². The molecule has 0 amide bonds. The standard InChI is InChI=1S/C25H21F3N8O/c26-25(27,28)18-8-6-17(7-9-18)15-36-16-32-21-22(31-12-13-37-19-4-2-1-3-5-19)34-24(35-23(21)36)33-20-14-29-10-11-30-20/h1-11,14,16H,12-13,15H2,(H2,30,31,33,34,35). The van der Waals surface area contributed by atoms with Gasteiger partial charge in [0.05, 0.1) is 31.2 Å². The molecule has 0 saturated carbocycles. The molecule has 188 valence electrons. The zero-order valence-corrected chi connectivity index (χ0v) is 19.4. The topological polar surface area (TPSA) is 103 Å². The van der Waals surface area contributed by atoms with Crippen LogP contribution in [0.25, 0.3) is 11.2 Å². The molecule has 37 heavy (non-hydrogen) atoms. The number of para-hydroxylation sites is 1. The zero-order chi connectivity index (χ0) is 25.7. The van der Waals surface area contributed by atoms with Gasteiger partial charge in [0, 0.05) is 12.4 Å². The third-order valence-corrected chi connectivity index (χ3v) is 5.31. The summed E-state index contributed by atoms with van der Waals surface area (Å²) in [6, 6.07) is 14.4. The van der Waals surface area contributed by atoms with Gasteiger partial charge in [-0.05, 0) is 29.8 Å². The second kappa shape index (κ2) is 10.5. The van der Waals surface area contributed by atoms with Crippen LogP contribution in [0.4, 0.5) is 30.8 Å². The summed E-state index contributed by atoms with van der Waals surface area (Å²) in [4.78, 5) is 21.8. The first-order chi connectivity index (χ1) is 18.0. The average molecular weight is 506 g/mol. The molecule has 9 nitrogen and oxygen atoms in total. The highest BCUT2D eigenvalue weighted by Crippen LogP contribution is 2.29. The van der Waals surface area contributed by atoms with Crippen molar-refractivity contribution in [2.45, 2.75) is 12.7 Å². The van der Waals surface area contributed by atoms with Crippen LogP contribution in [0, 0.1) is 0 Å². The van der Waals surface area contributed by atoms with Crippen LogP contribution in [0.1, 0.15) is 11.1 Å². The SMILES string of the molecule is FC(F)(F)c1ccc(Cn2cnc3c(NCCOc4ccccc4)nc(Nc4cnccn4)nc32)cc1. The molecular weight excluding hydrogens is 485 g/mol. The van der Waals surface area contributed by atoms with Crippen molar-refractivity contribution in [3.8, 4) is 5.75 Å². The van der Waals surface area contributed by atoms with Crippen molar-refractivity contribution < 1.29 is 17.9 Å². The smallest absolute Gasteiger partial charge is 0.416 e. The van der Waals surface area contributed by atoms with Crippen LogP contribution in [0.3, 0.4) is 0 Å². The molecule has 0 radical (unpaired) electrons. The second-order valence-electron chi connectivity index (χ2n) is 7.94. The van der Waals surface area contributed by atoms with E-state index in [4.69, 9.17) is 4.74 Å². The molecule has 0 spiro atoms. The number of nitrogens with zero attached hydrogens (tertiary/aromatic N) is 6. The minimum Gasteiger partial charge on any atom is -0.492 e. The summed E-state index contributed by atoms with van der Waals surface area (Å²) >= 11 is 0. The molecule has 3 heterocycles. The van der Waals surface area contributed by atoms with E-state index in [1.54, 1.807) is 17.1 Å². The Balaban J connectivity index is 1.39. The lowest BCUT2D eigenvalue weighted by molar-refractivity contribution is -0.137. The number of aromatic nitrogens is 6. The van der Waals surface area contributed by atoms with Crippen LogP contribution in [-0.4, -0.2) is 42.6 Å². The van der Waals surface area contributed by atoms with Gasteiger partial charge in [-0.3, -0.25) is 4.98 Å². The van der Waals surface area contributed by atoms with Gasteiger partial charge in [-0.1, -0.05) is 30.3 Å². The van der Waals surface area contributed by atoms with Crippen molar-refractivity contribution in [2.75, 3.05) is 23.8 Å². The predicted octanol–water partition coefficient (Wildman–Crippen LogP) is 4.92. The summed E-state index contributed by atoms with van der Waals surface area (Å²) < 4.78 is 46.3. The molecule has 0 aliphatic rings. The van der Waals surface area contributed by atoms with Gasteiger partial charge >= 0.3 is 6.18 Å². The largest absolute Gasteiger partial charge is 0.492 e. The Morgan fingerprint density at radius 1 is 0.919 bits per heavy atom. The fourth-order valence-electron chi connectivity index (χ4n) is 3.57. The highest BCUT2D eigenvalue weighted by molar-refractivity contribution is 5.84. The average Bonchev–Trinajstić information content (AvgIpc) is 3.30. The lowest BCUT2D eigenvalue weighted by Crippen LogP contribution is -2.14. The monoisotopic (exact) mass is 506 g/mol. The molecule has 0 saturated heterocycles. The number of hydrogen-bond acceptors (Lipinski definition) is 8. The lowest BCUT2D eigenvalue weighted by Gasteiger charge is -2.11. The molecule has 2 aromatic carbocycles. The van der Waals surface area contributed by atoms with Gasteiger partial charge in [0.15, 0.2) is 22.8 Å². The van der Waals surface area contributed by atoms with Crippen molar-refractivity contribution in [1.29, 1.82) is 0 Å². The van der Waals surface area contributed by atoms with Gasteiger partial charge < -0.3 is 19.9 Å². The maximum Gasteiger partial charge on any atom is 0.416 e. The van der Waals surface area contributed by atoms with Gasteiger partial charge in [0.25, 0.3) is 0 Å². The third-order valence-electron chi connectivity index (χ3n) is 5.31. The number of imidazole rings is 1. The molecule has 12 heteroatoms. The Morgan fingerprint density at radius 2 is 1.73 bits per heavy atom. The van der Waals surface area contributed by atoms with Crippen LogP contribution < -0.4 is 15.4 Å². The van der Waals surface area contributed by atoms with Crippen molar-refractivity contribution in [2.24, 2.45) is 0 Å². The van der Waals surface area contributed by atoms with E-state index in [0.717, 1.165) is 17.9 Å². The number of alkyl halides is 3. The van der Waals surface area contributed by atoms with Gasteiger partial charge in [-0.15, -0.1) is 0 Å². The first-order valence-electron chi connectivity index (χ1n) is 11.3. The summed E-state index contributed by atoms with van der Waals surface area (Å²) in [5.41, 5.74) is 0.970. The van der Waals surface area contributed by atoms with Crippen molar-refractivity contribution in [1.82, 2.24) is 29.5 Å². The molecule has 2 N–H and O–H groups in total. The Bertz CT molecular complexity index is 1460. The molecule has 5 aromatic rings. The molecule has 5 rings (SSSR count). The van der Waals surface area contributed by atoms with Crippen molar-refractivity contribution in [3.05, 3.63) is 90.6 Å². The number of halogens is 3. The zero-order valence-electron chi connectivity index (χ0n) is 19.4. The van der Waals surface area contributed by atoms with Gasteiger partial charge in [-0.25, -0.2) is 9.97 Å². The first kappa shape index (κ1) is 24.0. The van der Waals surface area contributed by atoms with E-state index in [2.05, 4.69) is 35.6 Å². The van der Waals surface area contributed by atoms with Gasteiger partial charge in [0.1, 0.15) is 12.4 Å². The Labute approximate surface area is 209 Å². The number of ether oxygens (including phenoxy) is 1. The summed E-state index contributed by atoms with van der Waals surface area (Å²) in [5, 5.41) is 6.26. The fourth-order valence-corrected chi connectivity index (χ4v) is 3.57. The van der Waals surface area contributed by atoms with Crippen LogP contribution in [0.15, 0.2) is 79.5 Å². The van der Waals surface area contributed by atoms with Crippen molar-refractivity contribution in [3.63, 3.8) is 0 Å². The third kappa shape index (κ3) is 5.92. The molecule has 3 aromatic heterocycles. The summed E-state index contributed by atoms with van der Waals surface area (Å²) in [6.45, 7) is 1.10. The number of nitrogens with one attached hydrogen (secondary N) is 2. The van der Waals surface area contributed by atoms with Gasteiger partial charge in [-0.2, -0.15) is 23.1 Å². The minimum absolute atomic E-state index is 0.258. The first-order valence-corrected chi connectivity index (χ1v) is 11.3. The maximum atomic E-state index is 12.9. The minimum atomic E-state index is -4.39. The van der Waals surface area contributed by atoms with Gasteiger partial charge in [0.2, 0.25) is 5.95 Å². The number of hydrogen-bond donors (Lipinski definition) is 2. The van der Waals surface area contributed by atoms with E-state index in [-0.39, 0.29) is 12.5 Å². The van der Waals surface area contributed by atoms with Crippen molar-refractivity contribution >= 4 is 28.7 Å². The highest BCUT2D eigenvalue weighted by Gasteiger charge is 2.30. The molecule has 0 aliphatic carbocycles. The molecule has 0 atom stereocenters. The maximum absolute atomic E-state index is 12.9. The Hall–Kier alpha value is -4.74. The fraction of sp³-hybridized carbons (Fsp3) is 0.160. The van der Waals surface area contributed by atoms with E-state index in [0.29, 0.717) is 41.5 Å². The van der Waals surface area contributed by atoms with Crippen LogP contribution in [0.5, 0.6) is 5.75 Å². The van der Waals surface area contributed by atoms with E-state index < -0.39 is 11.7 Å². The predicted molar refractivity (Wildman–Crippen MR) is 132 cm³/mol. The van der Waals surface area contributed by atoms with E-state index >= 15 is 0 Å². The molecule has 0 bridgehead atoms. The van der Waals surface area contributed by atoms with E-state index in [1.165, 1.54) is 24.5 Å².